The topological polar surface area (TPSA) is 64.4 Å². The van der Waals surface area contributed by atoms with Crippen LogP contribution in [0.1, 0.15) is 45.1 Å². The van der Waals surface area contributed by atoms with Crippen LogP contribution in [0.25, 0.3) is 11.3 Å². The van der Waals surface area contributed by atoms with E-state index in [4.69, 9.17) is 9.15 Å². The summed E-state index contributed by atoms with van der Waals surface area (Å²) in [5.74, 6) is 1.59. The minimum absolute atomic E-state index is 0.0327. The molecule has 5 nitrogen and oxygen atoms in total. The Labute approximate surface area is 182 Å². The molecule has 3 rings (SSSR count). The highest BCUT2D eigenvalue weighted by Gasteiger charge is 2.11. The number of nitrogens with one attached hydrogen (secondary N) is 1. The van der Waals surface area contributed by atoms with Gasteiger partial charge in [0.15, 0.2) is 11.7 Å². The van der Waals surface area contributed by atoms with Crippen LogP contribution < -0.4 is 10.1 Å². The Bertz CT molecular complexity index is 965. The lowest BCUT2D eigenvalue weighted by molar-refractivity contribution is -0.121. The highest BCUT2D eigenvalue weighted by molar-refractivity contribution is 5.76. The number of amides is 1. The highest BCUT2D eigenvalue weighted by atomic mass is 19.1. The molecule has 0 fully saturated rings. The third-order valence-corrected chi connectivity index (χ3v) is 4.82. The Kier molecular flexibility index (Phi) is 7.82. The SMILES string of the molecule is CC(CCc1ccc(OC(C)C)cc1)NC(=O)CCc1ncc(-c2ccc(F)cc2)o1. The molecule has 1 amide bonds. The van der Waals surface area contributed by atoms with Crippen LogP contribution in [0.4, 0.5) is 4.39 Å². The maximum absolute atomic E-state index is 13.0. The molecule has 2 aromatic carbocycles. The average molecular weight is 425 g/mol. The Balaban J connectivity index is 1.40. The van der Waals surface area contributed by atoms with Gasteiger partial charge in [0.25, 0.3) is 0 Å². The van der Waals surface area contributed by atoms with Crippen molar-refractivity contribution in [2.45, 2.75) is 58.6 Å². The van der Waals surface area contributed by atoms with Crippen LogP contribution in [-0.2, 0) is 17.6 Å². The van der Waals surface area contributed by atoms with Crippen molar-refractivity contribution in [1.82, 2.24) is 10.3 Å². The van der Waals surface area contributed by atoms with Crippen LogP contribution >= 0.6 is 0 Å². The van der Waals surface area contributed by atoms with Crippen LogP contribution in [0.2, 0.25) is 0 Å². The molecule has 164 valence electrons. The number of aryl methyl sites for hydroxylation is 2. The molecule has 6 heteroatoms. The lowest BCUT2D eigenvalue weighted by Crippen LogP contribution is -2.33. The molecule has 0 spiro atoms. The van der Waals surface area contributed by atoms with Crippen molar-refractivity contribution in [2.75, 3.05) is 0 Å². The van der Waals surface area contributed by atoms with Crippen molar-refractivity contribution in [3.63, 3.8) is 0 Å². The molecule has 0 aliphatic heterocycles. The molecule has 1 atom stereocenters. The van der Waals surface area contributed by atoms with Crippen molar-refractivity contribution >= 4 is 5.91 Å². The number of carbonyl (C=O) groups excluding carboxylic acids is 1. The zero-order valence-corrected chi connectivity index (χ0v) is 18.2. The summed E-state index contributed by atoms with van der Waals surface area (Å²) >= 11 is 0. The number of hydrogen-bond donors (Lipinski definition) is 1. The van der Waals surface area contributed by atoms with Crippen molar-refractivity contribution in [3.8, 4) is 17.1 Å². The number of carbonyl (C=O) groups is 1. The van der Waals surface area contributed by atoms with E-state index in [1.54, 1.807) is 18.3 Å². The van der Waals surface area contributed by atoms with Gasteiger partial charge in [-0.15, -0.1) is 0 Å². The van der Waals surface area contributed by atoms with E-state index in [0.29, 0.717) is 24.5 Å². The van der Waals surface area contributed by atoms with E-state index in [9.17, 15) is 9.18 Å². The average Bonchev–Trinajstić information content (AvgIpc) is 3.21. The molecule has 1 aromatic heterocycles. The van der Waals surface area contributed by atoms with E-state index in [2.05, 4.69) is 22.4 Å². The first-order valence-corrected chi connectivity index (χ1v) is 10.6. The Morgan fingerprint density at radius 3 is 2.45 bits per heavy atom. The number of rotatable bonds is 10. The Hall–Kier alpha value is -3.15. The number of aromatic nitrogens is 1. The van der Waals surface area contributed by atoms with Gasteiger partial charge >= 0.3 is 0 Å². The molecular weight excluding hydrogens is 395 g/mol. The van der Waals surface area contributed by atoms with Crippen LogP contribution in [-0.4, -0.2) is 23.0 Å². The standard InChI is InChI=1S/C25H29FN2O3/c1-17(2)30-22-12-6-19(7-13-22)5-4-18(3)28-24(29)14-15-25-27-16-23(31-25)20-8-10-21(26)11-9-20/h6-13,16-18H,4-5,14-15H2,1-3H3,(H,28,29). The number of benzene rings is 2. The van der Waals surface area contributed by atoms with Gasteiger partial charge in [0.2, 0.25) is 5.91 Å². The summed E-state index contributed by atoms with van der Waals surface area (Å²) in [6.45, 7) is 6.02. The predicted octanol–water partition coefficient (Wildman–Crippen LogP) is 5.34. The minimum Gasteiger partial charge on any atom is -0.491 e. The van der Waals surface area contributed by atoms with E-state index in [-0.39, 0.29) is 23.9 Å². The zero-order chi connectivity index (χ0) is 22.2. The quantitative estimate of drug-likeness (QED) is 0.477. The van der Waals surface area contributed by atoms with Gasteiger partial charge in [-0.2, -0.15) is 0 Å². The predicted molar refractivity (Wildman–Crippen MR) is 118 cm³/mol. The number of hydrogen-bond acceptors (Lipinski definition) is 4. The molecule has 0 saturated heterocycles. The Morgan fingerprint density at radius 2 is 1.77 bits per heavy atom. The second-order valence-corrected chi connectivity index (χ2v) is 7.94. The fourth-order valence-electron chi connectivity index (χ4n) is 3.20. The molecule has 0 saturated carbocycles. The molecule has 1 N–H and O–H groups in total. The minimum atomic E-state index is -0.300. The first-order valence-electron chi connectivity index (χ1n) is 10.6. The summed E-state index contributed by atoms with van der Waals surface area (Å²) in [5.41, 5.74) is 1.97. The summed E-state index contributed by atoms with van der Waals surface area (Å²) in [5, 5.41) is 3.03. The van der Waals surface area contributed by atoms with Gasteiger partial charge in [-0.05, 0) is 75.6 Å². The third kappa shape index (κ3) is 7.24. The fourth-order valence-corrected chi connectivity index (χ4v) is 3.20. The van der Waals surface area contributed by atoms with Crippen LogP contribution in [0.5, 0.6) is 5.75 Å². The second kappa shape index (κ2) is 10.8. The van der Waals surface area contributed by atoms with Crippen molar-refractivity contribution in [1.29, 1.82) is 0 Å². The third-order valence-electron chi connectivity index (χ3n) is 4.82. The summed E-state index contributed by atoms with van der Waals surface area (Å²) in [6.07, 6.45) is 4.20. The van der Waals surface area contributed by atoms with Crippen LogP contribution in [0.3, 0.4) is 0 Å². The zero-order valence-electron chi connectivity index (χ0n) is 18.2. The van der Waals surface area contributed by atoms with E-state index in [1.807, 2.05) is 32.9 Å². The monoisotopic (exact) mass is 424 g/mol. The molecule has 0 bridgehead atoms. The van der Waals surface area contributed by atoms with Gasteiger partial charge in [-0.25, -0.2) is 9.37 Å². The normalized spacial score (nSPS) is 12.0. The maximum atomic E-state index is 13.0. The molecule has 31 heavy (non-hydrogen) atoms. The highest BCUT2D eigenvalue weighted by Crippen LogP contribution is 2.21. The van der Waals surface area contributed by atoms with Gasteiger partial charge in [0.1, 0.15) is 11.6 Å². The van der Waals surface area contributed by atoms with Crippen molar-refractivity contribution in [2.24, 2.45) is 0 Å². The molecular formula is C25H29FN2O3. The molecule has 1 heterocycles. The van der Waals surface area contributed by atoms with Gasteiger partial charge in [-0.3, -0.25) is 4.79 Å². The van der Waals surface area contributed by atoms with E-state index < -0.39 is 0 Å². The number of nitrogens with zero attached hydrogens (tertiary/aromatic N) is 1. The summed E-state index contributed by atoms with van der Waals surface area (Å²) in [7, 11) is 0. The number of halogens is 1. The van der Waals surface area contributed by atoms with E-state index in [0.717, 1.165) is 24.2 Å². The van der Waals surface area contributed by atoms with Crippen molar-refractivity contribution < 1.29 is 18.3 Å². The summed E-state index contributed by atoms with van der Waals surface area (Å²) < 4.78 is 24.4. The lowest BCUT2D eigenvalue weighted by Gasteiger charge is -2.14. The van der Waals surface area contributed by atoms with Crippen LogP contribution in [0, 0.1) is 5.82 Å². The molecule has 0 aliphatic rings. The van der Waals surface area contributed by atoms with E-state index >= 15 is 0 Å². The fraction of sp³-hybridized carbons (Fsp3) is 0.360. The largest absolute Gasteiger partial charge is 0.491 e. The van der Waals surface area contributed by atoms with Gasteiger partial charge in [0, 0.05) is 24.4 Å². The maximum Gasteiger partial charge on any atom is 0.220 e. The number of oxazole rings is 1. The smallest absolute Gasteiger partial charge is 0.220 e. The molecule has 0 radical (unpaired) electrons. The summed E-state index contributed by atoms with van der Waals surface area (Å²) in [4.78, 5) is 16.5. The Morgan fingerprint density at radius 1 is 1.06 bits per heavy atom. The summed E-state index contributed by atoms with van der Waals surface area (Å²) in [6, 6.07) is 14.2. The van der Waals surface area contributed by atoms with Gasteiger partial charge in [0.05, 0.1) is 12.3 Å². The number of ether oxygens (including phenoxy) is 1. The molecule has 3 aromatic rings. The first-order chi connectivity index (χ1) is 14.9. The first kappa shape index (κ1) is 22.5. The molecule has 1 unspecified atom stereocenters. The molecule has 0 aliphatic carbocycles. The second-order valence-electron chi connectivity index (χ2n) is 7.94. The van der Waals surface area contributed by atoms with Crippen molar-refractivity contribution in [3.05, 3.63) is 72.0 Å². The van der Waals surface area contributed by atoms with Crippen LogP contribution in [0.15, 0.2) is 59.1 Å². The van der Waals surface area contributed by atoms with E-state index in [1.165, 1.54) is 17.7 Å². The van der Waals surface area contributed by atoms with Gasteiger partial charge < -0.3 is 14.5 Å². The lowest BCUT2D eigenvalue weighted by atomic mass is 10.1. The van der Waals surface area contributed by atoms with Gasteiger partial charge in [-0.1, -0.05) is 12.1 Å².